The van der Waals surface area contributed by atoms with Gasteiger partial charge in [0.15, 0.2) is 11.5 Å². The average molecular weight is 256 g/mol. The van der Waals surface area contributed by atoms with Gasteiger partial charge in [0, 0.05) is 26.3 Å². The summed E-state index contributed by atoms with van der Waals surface area (Å²) in [5, 5.41) is 15.0. The zero-order valence-corrected chi connectivity index (χ0v) is 10.6. The molecule has 0 aromatic carbocycles. The van der Waals surface area contributed by atoms with Gasteiger partial charge in [0.25, 0.3) is 5.91 Å². The summed E-state index contributed by atoms with van der Waals surface area (Å²) in [5.74, 6) is 0.300. The van der Waals surface area contributed by atoms with Crippen LogP contribution in [0.1, 0.15) is 41.9 Å². The Kier molecular flexibility index (Phi) is 7.05. The van der Waals surface area contributed by atoms with Crippen molar-refractivity contribution in [1.82, 2.24) is 10.5 Å². The van der Waals surface area contributed by atoms with E-state index in [0.29, 0.717) is 18.9 Å². The highest BCUT2D eigenvalue weighted by Crippen LogP contribution is 2.05. The third kappa shape index (κ3) is 5.29. The third-order valence-corrected chi connectivity index (χ3v) is 2.45. The van der Waals surface area contributed by atoms with Gasteiger partial charge >= 0.3 is 0 Å². The van der Waals surface area contributed by atoms with Crippen LogP contribution >= 0.6 is 0 Å². The first-order chi connectivity index (χ1) is 8.77. The molecule has 6 heteroatoms. The van der Waals surface area contributed by atoms with Crippen molar-refractivity contribution < 1.29 is 19.2 Å². The minimum absolute atomic E-state index is 0.230. The van der Waals surface area contributed by atoms with E-state index in [-0.39, 0.29) is 18.2 Å². The van der Waals surface area contributed by atoms with Crippen molar-refractivity contribution in [2.45, 2.75) is 32.3 Å². The monoisotopic (exact) mass is 256 g/mol. The molecule has 0 radical (unpaired) electrons. The van der Waals surface area contributed by atoms with Crippen LogP contribution in [-0.4, -0.2) is 36.4 Å². The fraction of sp³-hybridized carbons (Fsp3) is 0.667. The molecular weight excluding hydrogens is 236 g/mol. The number of hydrogen-bond acceptors (Lipinski definition) is 5. The minimum Gasteiger partial charge on any atom is -0.396 e. The number of nitrogens with zero attached hydrogens (tertiary/aromatic N) is 1. The second-order valence-electron chi connectivity index (χ2n) is 4.01. The van der Waals surface area contributed by atoms with E-state index < -0.39 is 0 Å². The molecule has 0 aliphatic rings. The van der Waals surface area contributed by atoms with E-state index in [2.05, 4.69) is 10.5 Å². The maximum absolute atomic E-state index is 11.6. The van der Waals surface area contributed by atoms with Gasteiger partial charge in [-0.1, -0.05) is 18.0 Å². The number of carbonyl (C=O) groups excluding carboxylic acids is 1. The average Bonchev–Trinajstić information content (AvgIpc) is 2.82. The SMILES string of the molecule is COCc1cc(C(=O)NCCCCCCO)no1. The largest absolute Gasteiger partial charge is 0.396 e. The standard InChI is InChI=1S/C12H20N2O4/c1-17-9-10-8-11(14-18-10)12(16)13-6-4-2-3-5-7-15/h8,15H,2-7,9H2,1H3,(H,13,16). The number of ether oxygens (including phenoxy) is 1. The number of aliphatic hydroxyl groups excluding tert-OH is 1. The molecule has 0 aliphatic heterocycles. The van der Waals surface area contributed by atoms with Crippen molar-refractivity contribution in [2.75, 3.05) is 20.3 Å². The molecule has 1 amide bonds. The molecule has 2 N–H and O–H groups in total. The molecule has 1 aromatic heterocycles. The van der Waals surface area contributed by atoms with Crippen molar-refractivity contribution in [3.63, 3.8) is 0 Å². The van der Waals surface area contributed by atoms with Crippen LogP contribution in [0.25, 0.3) is 0 Å². The Morgan fingerprint density at radius 2 is 2.22 bits per heavy atom. The Labute approximate surface area is 106 Å². The van der Waals surface area contributed by atoms with E-state index in [1.54, 1.807) is 13.2 Å². The fourth-order valence-corrected chi connectivity index (χ4v) is 1.51. The number of hydrogen-bond donors (Lipinski definition) is 2. The van der Waals surface area contributed by atoms with E-state index in [4.69, 9.17) is 14.4 Å². The second-order valence-corrected chi connectivity index (χ2v) is 4.01. The quantitative estimate of drug-likeness (QED) is 0.646. The summed E-state index contributed by atoms with van der Waals surface area (Å²) in [7, 11) is 1.55. The van der Waals surface area contributed by atoms with Gasteiger partial charge in [0.05, 0.1) is 0 Å². The number of rotatable bonds is 9. The van der Waals surface area contributed by atoms with Crippen molar-refractivity contribution in [1.29, 1.82) is 0 Å². The van der Waals surface area contributed by atoms with Crippen LogP contribution in [0.2, 0.25) is 0 Å². The molecule has 0 fully saturated rings. The molecule has 0 saturated carbocycles. The lowest BCUT2D eigenvalue weighted by Gasteiger charge is -2.02. The first kappa shape index (κ1) is 14.7. The van der Waals surface area contributed by atoms with Gasteiger partial charge in [-0.05, 0) is 12.8 Å². The predicted molar refractivity (Wildman–Crippen MR) is 65.1 cm³/mol. The highest BCUT2D eigenvalue weighted by molar-refractivity contribution is 5.92. The van der Waals surface area contributed by atoms with Crippen molar-refractivity contribution in [3.8, 4) is 0 Å². The molecule has 18 heavy (non-hydrogen) atoms. The number of carbonyl (C=O) groups is 1. The maximum atomic E-state index is 11.6. The van der Waals surface area contributed by atoms with Crippen molar-refractivity contribution in [3.05, 3.63) is 17.5 Å². The van der Waals surface area contributed by atoms with Crippen LogP contribution in [-0.2, 0) is 11.3 Å². The summed E-state index contributed by atoms with van der Waals surface area (Å²) >= 11 is 0. The van der Waals surface area contributed by atoms with Gasteiger partial charge in [-0.2, -0.15) is 0 Å². The number of amides is 1. The van der Waals surface area contributed by atoms with Gasteiger partial charge in [-0.15, -0.1) is 0 Å². The molecule has 0 unspecified atom stereocenters. The van der Waals surface area contributed by atoms with E-state index in [1.807, 2.05) is 0 Å². The fourth-order valence-electron chi connectivity index (χ4n) is 1.51. The van der Waals surface area contributed by atoms with Crippen LogP contribution < -0.4 is 5.32 Å². The maximum Gasteiger partial charge on any atom is 0.273 e. The van der Waals surface area contributed by atoms with Gasteiger partial charge < -0.3 is 19.7 Å². The predicted octanol–water partition coefficient (Wildman–Crippen LogP) is 1.10. The summed E-state index contributed by atoms with van der Waals surface area (Å²) in [5.41, 5.74) is 0.275. The molecule has 1 heterocycles. The topological polar surface area (TPSA) is 84.6 Å². The highest BCUT2D eigenvalue weighted by Gasteiger charge is 2.11. The van der Waals surface area contributed by atoms with Gasteiger partial charge in [0.1, 0.15) is 6.61 Å². The third-order valence-electron chi connectivity index (χ3n) is 2.45. The summed E-state index contributed by atoms with van der Waals surface area (Å²) in [6, 6.07) is 1.57. The van der Waals surface area contributed by atoms with Gasteiger partial charge in [-0.25, -0.2) is 0 Å². The van der Waals surface area contributed by atoms with Crippen LogP contribution in [0, 0.1) is 0 Å². The molecule has 0 spiro atoms. The number of nitrogens with one attached hydrogen (secondary N) is 1. The lowest BCUT2D eigenvalue weighted by Crippen LogP contribution is -2.24. The van der Waals surface area contributed by atoms with Crippen molar-refractivity contribution in [2.24, 2.45) is 0 Å². The normalized spacial score (nSPS) is 10.6. The van der Waals surface area contributed by atoms with Crippen LogP contribution in [0.15, 0.2) is 10.6 Å². The van der Waals surface area contributed by atoms with E-state index in [0.717, 1.165) is 25.7 Å². The molecule has 0 bridgehead atoms. The molecular formula is C12H20N2O4. The zero-order chi connectivity index (χ0) is 13.2. The van der Waals surface area contributed by atoms with Gasteiger partial charge in [-0.3, -0.25) is 4.79 Å². The number of unbranched alkanes of at least 4 members (excludes halogenated alkanes) is 3. The second kappa shape index (κ2) is 8.66. The Bertz CT molecular complexity index is 352. The Morgan fingerprint density at radius 1 is 1.44 bits per heavy atom. The van der Waals surface area contributed by atoms with Crippen LogP contribution in [0.5, 0.6) is 0 Å². The highest BCUT2D eigenvalue weighted by atomic mass is 16.5. The zero-order valence-electron chi connectivity index (χ0n) is 10.6. The Hall–Kier alpha value is -1.40. The molecule has 1 aromatic rings. The molecule has 1 rings (SSSR count). The van der Waals surface area contributed by atoms with E-state index in [9.17, 15) is 4.79 Å². The first-order valence-electron chi connectivity index (χ1n) is 6.11. The van der Waals surface area contributed by atoms with Crippen molar-refractivity contribution >= 4 is 5.91 Å². The summed E-state index contributed by atoms with van der Waals surface area (Å²) in [6.07, 6.45) is 3.69. The smallest absolute Gasteiger partial charge is 0.273 e. The Morgan fingerprint density at radius 3 is 2.94 bits per heavy atom. The molecule has 0 saturated heterocycles. The summed E-state index contributed by atoms with van der Waals surface area (Å²) in [4.78, 5) is 11.6. The minimum atomic E-state index is -0.233. The van der Waals surface area contributed by atoms with E-state index in [1.165, 1.54) is 0 Å². The lowest BCUT2D eigenvalue weighted by molar-refractivity contribution is 0.0943. The summed E-state index contributed by atoms with van der Waals surface area (Å²) in [6.45, 7) is 1.14. The van der Waals surface area contributed by atoms with Crippen LogP contribution in [0.4, 0.5) is 0 Å². The first-order valence-corrected chi connectivity index (χ1v) is 6.11. The number of aromatic nitrogens is 1. The molecule has 6 nitrogen and oxygen atoms in total. The van der Waals surface area contributed by atoms with Gasteiger partial charge in [0.2, 0.25) is 0 Å². The lowest BCUT2D eigenvalue weighted by atomic mass is 10.2. The molecule has 0 atom stereocenters. The van der Waals surface area contributed by atoms with Crippen LogP contribution in [0.3, 0.4) is 0 Å². The molecule has 102 valence electrons. The Balaban J connectivity index is 2.19. The van der Waals surface area contributed by atoms with E-state index >= 15 is 0 Å². The summed E-state index contributed by atoms with van der Waals surface area (Å²) < 4.78 is 9.79. The number of aliphatic hydroxyl groups is 1. The number of methoxy groups -OCH3 is 1. The molecule has 0 aliphatic carbocycles.